The molecule has 1 aliphatic carbocycles. The predicted octanol–water partition coefficient (Wildman–Crippen LogP) is 2.93. The van der Waals surface area contributed by atoms with Gasteiger partial charge in [-0.1, -0.05) is 19.1 Å². The van der Waals surface area contributed by atoms with Crippen LogP contribution in [0, 0.1) is 5.92 Å². The normalized spacial score (nSPS) is 22.2. The first kappa shape index (κ1) is 13.9. The van der Waals surface area contributed by atoms with Crippen LogP contribution in [-0.4, -0.2) is 19.1 Å². The van der Waals surface area contributed by atoms with E-state index in [0.717, 1.165) is 36.5 Å². The molecule has 1 saturated carbocycles. The summed E-state index contributed by atoms with van der Waals surface area (Å²) < 4.78 is 5.18. The number of hydrogen-bond donors (Lipinski definition) is 1. The van der Waals surface area contributed by atoms with Crippen LogP contribution in [0.3, 0.4) is 0 Å². The molecule has 1 aromatic rings. The molecule has 0 bridgehead atoms. The van der Waals surface area contributed by atoms with Crippen molar-refractivity contribution in [2.75, 3.05) is 7.11 Å². The lowest BCUT2D eigenvalue weighted by molar-refractivity contribution is -0.121. The molecule has 1 amide bonds. The fourth-order valence-electron chi connectivity index (χ4n) is 2.72. The van der Waals surface area contributed by atoms with Gasteiger partial charge in [-0.05, 0) is 49.3 Å². The Balaban J connectivity index is 1.76. The van der Waals surface area contributed by atoms with Gasteiger partial charge in [0.2, 0.25) is 5.91 Å². The Morgan fingerprint density at radius 2 is 2.26 bits per heavy atom. The summed E-state index contributed by atoms with van der Waals surface area (Å²) in [4.78, 5) is 11.9. The van der Waals surface area contributed by atoms with Gasteiger partial charge in [-0.2, -0.15) is 0 Å². The lowest BCUT2D eigenvalue weighted by Gasteiger charge is -2.12. The molecule has 2 unspecified atom stereocenters. The second kappa shape index (κ2) is 6.60. The van der Waals surface area contributed by atoms with E-state index in [4.69, 9.17) is 4.74 Å². The van der Waals surface area contributed by atoms with Crippen molar-refractivity contribution >= 4 is 5.91 Å². The fraction of sp³-hybridized carbons (Fsp3) is 0.562. The number of methoxy groups -OCH3 is 1. The molecule has 2 rings (SSSR count). The highest BCUT2D eigenvalue weighted by molar-refractivity contribution is 5.76. The van der Waals surface area contributed by atoms with Crippen molar-refractivity contribution in [1.29, 1.82) is 0 Å². The minimum atomic E-state index is 0.168. The van der Waals surface area contributed by atoms with E-state index >= 15 is 0 Å². The molecule has 1 fully saturated rings. The van der Waals surface area contributed by atoms with Crippen LogP contribution in [0.15, 0.2) is 24.3 Å². The van der Waals surface area contributed by atoms with Crippen LogP contribution in [0.1, 0.15) is 38.2 Å². The summed E-state index contributed by atoms with van der Waals surface area (Å²) in [6, 6.07) is 8.31. The minimum absolute atomic E-state index is 0.168. The van der Waals surface area contributed by atoms with Gasteiger partial charge in [0.15, 0.2) is 0 Å². The molecule has 0 aliphatic heterocycles. The second-order valence-electron chi connectivity index (χ2n) is 5.53. The number of amides is 1. The molecule has 0 aromatic heterocycles. The average molecular weight is 261 g/mol. The van der Waals surface area contributed by atoms with E-state index in [1.807, 2.05) is 24.3 Å². The summed E-state index contributed by atoms with van der Waals surface area (Å²) in [6.07, 6.45) is 4.82. The summed E-state index contributed by atoms with van der Waals surface area (Å²) in [5.74, 6) is 1.77. The van der Waals surface area contributed by atoms with E-state index in [1.165, 1.54) is 6.42 Å². The molecule has 3 heteroatoms. The lowest BCUT2D eigenvalue weighted by Crippen LogP contribution is -2.32. The molecule has 1 N–H and O–H groups in total. The summed E-state index contributed by atoms with van der Waals surface area (Å²) in [6.45, 7) is 2.25. The molecule has 3 nitrogen and oxygen atoms in total. The SMILES string of the molecule is COc1cccc(CCC(=O)NC2CCC(C)C2)c1. The van der Waals surface area contributed by atoms with Crippen molar-refractivity contribution in [3.8, 4) is 5.75 Å². The zero-order chi connectivity index (χ0) is 13.7. The monoisotopic (exact) mass is 261 g/mol. The molecule has 104 valence electrons. The van der Waals surface area contributed by atoms with Gasteiger partial charge in [0.25, 0.3) is 0 Å². The molecule has 0 spiro atoms. The van der Waals surface area contributed by atoms with E-state index in [-0.39, 0.29) is 5.91 Å². The van der Waals surface area contributed by atoms with Gasteiger partial charge in [-0.25, -0.2) is 0 Å². The van der Waals surface area contributed by atoms with Crippen molar-refractivity contribution in [3.63, 3.8) is 0 Å². The lowest BCUT2D eigenvalue weighted by atomic mass is 10.1. The predicted molar refractivity (Wildman–Crippen MR) is 76.3 cm³/mol. The summed E-state index contributed by atoms with van der Waals surface area (Å²) in [5, 5.41) is 3.14. The number of benzene rings is 1. The fourth-order valence-corrected chi connectivity index (χ4v) is 2.72. The Hall–Kier alpha value is -1.51. The quantitative estimate of drug-likeness (QED) is 0.885. The van der Waals surface area contributed by atoms with Crippen LogP contribution in [0.4, 0.5) is 0 Å². The molecule has 0 saturated heterocycles. The number of ether oxygens (including phenoxy) is 1. The Labute approximate surface area is 115 Å². The average Bonchev–Trinajstić information content (AvgIpc) is 2.82. The number of nitrogens with one attached hydrogen (secondary N) is 1. The van der Waals surface area contributed by atoms with Crippen molar-refractivity contribution in [2.45, 2.75) is 45.1 Å². The van der Waals surface area contributed by atoms with Gasteiger partial charge >= 0.3 is 0 Å². The van der Waals surface area contributed by atoms with Crippen molar-refractivity contribution < 1.29 is 9.53 Å². The van der Waals surface area contributed by atoms with Crippen LogP contribution in [0.5, 0.6) is 5.75 Å². The number of aryl methyl sites for hydroxylation is 1. The Kier molecular flexibility index (Phi) is 4.83. The smallest absolute Gasteiger partial charge is 0.220 e. The maximum Gasteiger partial charge on any atom is 0.220 e. The molecular formula is C16H23NO2. The van der Waals surface area contributed by atoms with E-state index in [2.05, 4.69) is 12.2 Å². The van der Waals surface area contributed by atoms with Crippen LogP contribution in [0.25, 0.3) is 0 Å². The zero-order valence-corrected chi connectivity index (χ0v) is 11.8. The van der Waals surface area contributed by atoms with Gasteiger partial charge in [-0.15, -0.1) is 0 Å². The standard InChI is InChI=1S/C16H23NO2/c1-12-6-8-14(10-12)17-16(18)9-7-13-4-3-5-15(11-13)19-2/h3-5,11-12,14H,6-10H2,1-2H3,(H,17,18). The Morgan fingerprint density at radius 3 is 2.95 bits per heavy atom. The minimum Gasteiger partial charge on any atom is -0.497 e. The highest BCUT2D eigenvalue weighted by atomic mass is 16.5. The highest BCUT2D eigenvalue weighted by Crippen LogP contribution is 2.24. The Bertz CT molecular complexity index is 431. The second-order valence-corrected chi connectivity index (χ2v) is 5.53. The first-order valence-electron chi connectivity index (χ1n) is 7.09. The van der Waals surface area contributed by atoms with Gasteiger partial charge in [0, 0.05) is 12.5 Å². The van der Waals surface area contributed by atoms with E-state index in [0.29, 0.717) is 12.5 Å². The molecule has 1 aromatic carbocycles. The first-order chi connectivity index (χ1) is 9.17. The van der Waals surface area contributed by atoms with Gasteiger partial charge in [0.1, 0.15) is 5.75 Å². The topological polar surface area (TPSA) is 38.3 Å². The third kappa shape index (κ3) is 4.27. The van der Waals surface area contributed by atoms with Gasteiger partial charge in [-0.3, -0.25) is 4.79 Å². The molecular weight excluding hydrogens is 238 g/mol. The zero-order valence-electron chi connectivity index (χ0n) is 11.8. The van der Waals surface area contributed by atoms with Crippen molar-refractivity contribution in [2.24, 2.45) is 5.92 Å². The van der Waals surface area contributed by atoms with Crippen molar-refractivity contribution in [1.82, 2.24) is 5.32 Å². The third-order valence-corrected chi connectivity index (χ3v) is 3.83. The maximum absolute atomic E-state index is 11.9. The van der Waals surface area contributed by atoms with Gasteiger partial charge < -0.3 is 10.1 Å². The number of carbonyl (C=O) groups excluding carboxylic acids is 1. The summed E-state index contributed by atoms with van der Waals surface area (Å²) in [5.41, 5.74) is 1.15. The number of carbonyl (C=O) groups is 1. The first-order valence-corrected chi connectivity index (χ1v) is 7.09. The number of rotatable bonds is 5. The molecule has 0 radical (unpaired) electrons. The third-order valence-electron chi connectivity index (χ3n) is 3.83. The molecule has 1 aliphatic rings. The van der Waals surface area contributed by atoms with Crippen LogP contribution >= 0.6 is 0 Å². The van der Waals surface area contributed by atoms with Crippen LogP contribution in [0.2, 0.25) is 0 Å². The summed E-state index contributed by atoms with van der Waals surface area (Å²) >= 11 is 0. The number of hydrogen-bond acceptors (Lipinski definition) is 2. The summed E-state index contributed by atoms with van der Waals surface area (Å²) in [7, 11) is 1.66. The van der Waals surface area contributed by atoms with Gasteiger partial charge in [0.05, 0.1) is 7.11 Å². The Morgan fingerprint density at radius 1 is 1.42 bits per heavy atom. The van der Waals surface area contributed by atoms with E-state index in [1.54, 1.807) is 7.11 Å². The highest BCUT2D eigenvalue weighted by Gasteiger charge is 2.22. The molecule has 0 heterocycles. The van der Waals surface area contributed by atoms with Crippen LogP contribution < -0.4 is 10.1 Å². The largest absolute Gasteiger partial charge is 0.497 e. The van der Waals surface area contributed by atoms with Crippen molar-refractivity contribution in [3.05, 3.63) is 29.8 Å². The van der Waals surface area contributed by atoms with Crippen LogP contribution in [-0.2, 0) is 11.2 Å². The molecule has 19 heavy (non-hydrogen) atoms. The van der Waals surface area contributed by atoms with E-state index < -0.39 is 0 Å². The van der Waals surface area contributed by atoms with E-state index in [9.17, 15) is 4.79 Å². The molecule has 2 atom stereocenters. The maximum atomic E-state index is 11.9.